The van der Waals surface area contributed by atoms with Crippen LogP contribution in [0.4, 0.5) is 0 Å². The minimum Gasteiger partial charge on any atom is -0.393 e. The van der Waals surface area contributed by atoms with Gasteiger partial charge < -0.3 is 4.74 Å². The fourth-order valence-electron chi connectivity index (χ4n) is 3.78. The van der Waals surface area contributed by atoms with Gasteiger partial charge in [0, 0.05) is 0 Å². The summed E-state index contributed by atoms with van der Waals surface area (Å²) in [6.07, 6.45) is 3.32. The van der Waals surface area contributed by atoms with E-state index in [-0.39, 0.29) is 23.8 Å². The monoisotopic (exact) mass is 194 g/mol. The molecule has 3 aliphatic carbocycles. The molecule has 3 saturated carbocycles. The Bertz CT molecular complexity index is 310. The molecule has 0 unspecified atom stereocenters. The van der Waals surface area contributed by atoms with Gasteiger partial charge in [0.05, 0.1) is 11.8 Å². The highest BCUT2D eigenvalue weighted by atomic mass is 16.6. The van der Waals surface area contributed by atoms with Crippen molar-refractivity contribution in [1.29, 1.82) is 0 Å². The molecule has 0 aromatic rings. The second-order valence-corrected chi connectivity index (χ2v) is 5.01. The van der Waals surface area contributed by atoms with Crippen LogP contribution in [0, 0.1) is 29.6 Å². The van der Waals surface area contributed by atoms with Gasteiger partial charge in [-0.05, 0) is 37.0 Å². The molecule has 2 bridgehead atoms. The molecule has 1 aliphatic heterocycles. The van der Waals surface area contributed by atoms with Crippen LogP contribution in [0.5, 0.6) is 0 Å². The Kier molecular flexibility index (Phi) is 1.56. The zero-order chi connectivity index (χ0) is 9.87. The Morgan fingerprint density at radius 3 is 2.57 bits per heavy atom. The third-order valence-corrected chi connectivity index (χ3v) is 4.38. The van der Waals surface area contributed by atoms with Gasteiger partial charge in [0.2, 0.25) is 0 Å². The molecule has 4 fully saturated rings. The van der Waals surface area contributed by atoms with Crippen LogP contribution >= 0.6 is 0 Å². The maximum atomic E-state index is 11.5. The molecule has 0 aromatic carbocycles. The molecule has 5 atom stereocenters. The molecule has 3 nitrogen and oxygen atoms in total. The highest BCUT2D eigenvalue weighted by molar-refractivity contribution is 5.97. The quantitative estimate of drug-likeness (QED) is 0.432. The fourth-order valence-corrected chi connectivity index (χ4v) is 3.78. The highest BCUT2D eigenvalue weighted by Crippen LogP contribution is 2.54. The summed E-state index contributed by atoms with van der Waals surface area (Å²) in [5.41, 5.74) is 0. The number of ether oxygens (including phenoxy) is 1. The number of cyclic esters (lactones) is 2. The average Bonchev–Trinajstić information content (AvgIpc) is 2.45. The van der Waals surface area contributed by atoms with Crippen LogP contribution in [-0.4, -0.2) is 11.9 Å². The van der Waals surface area contributed by atoms with Crippen molar-refractivity contribution in [2.45, 2.75) is 26.2 Å². The number of rotatable bonds is 0. The zero-order valence-electron chi connectivity index (χ0n) is 8.23. The topological polar surface area (TPSA) is 43.4 Å². The molecule has 4 aliphatic rings. The lowest BCUT2D eigenvalue weighted by Gasteiger charge is -2.46. The van der Waals surface area contributed by atoms with Gasteiger partial charge in [0.15, 0.2) is 0 Å². The molecule has 0 N–H and O–H groups in total. The Morgan fingerprint density at radius 2 is 1.86 bits per heavy atom. The molecule has 0 spiro atoms. The maximum Gasteiger partial charge on any atom is 0.317 e. The van der Waals surface area contributed by atoms with Crippen molar-refractivity contribution in [2.75, 3.05) is 0 Å². The zero-order valence-corrected chi connectivity index (χ0v) is 8.23. The summed E-state index contributed by atoms with van der Waals surface area (Å²) in [7, 11) is 0. The Hall–Kier alpha value is -0.860. The van der Waals surface area contributed by atoms with E-state index in [1.807, 2.05) is 0 Å². The van der Waals surface area contributed by atoms with Gasteiger partial charge >= 0.3 is 11.9 Å². The molecule has 0 amide bonds. The lowest BCUT2D eigenvalue weighted by Crippen LogP contribution is -2.45. The maximum absolute atomic E-state index is 11.5. The normalized spacial score (nSPS) is 50.5. The van der Waals surface area contributed by atoms with Crippen molar-refractivity contribution in [3.63, 3.8) is 0 Å². The van der Waals surface area contributed by atoms with E-state index in [0.717, 1.165) is 19.3 Å². The van der Waals surface area contributed by atoms with Gasteiger partial charge in [-0.3, -0.25) is 9.59 Å². The first-order valence-corrected chi connectivity index (χ1v) is 5.44. The first-order chi connectivity index (χ1) is 6.68. The minimum absolute atomic E-state index is 0.0857. The lowest BCUT2D eigenvalue weighted by atomic mass is 9.56. The van der Waals surface area contributed by atoms with Crippen LogP contribution in [0.1, 0.15) is 26.2 Å². The summed E-state index contributed by atoms with van der Waals surface area (Å²) < 4.78 is 4.76. The van der Waals surface area contributed by atoms with Gasteiger partial charge in [-0.1, -0.05) is 6.92 Å². The number of fused-ring (bicyclic) bond motifs is 2. The van der Waals surface area contributed by atoms with E-state index in [1.165, 1.54) is 0 Å². The predicted molar refractivity (Wildman–Crippen MR) is 48.1 cm³/mol. The molecule has 3 heteroatoms. The summed E-state index contributed by atoms with van der Waals surface area (Å²) in [6.45, 7) is 2.20. The van der Waals surface area contributed by atoms with Crippen LogP contribution in [-0.2, 0) is 14.3 Å². The average molecular weight is 194 g/mol. The van der Waals surface area contributed by atoms with E-state index in [0.29, 0.717) is 17.8 Å². The summed E-state index contributed by atoms with van der Waals surface area (Å²) in [4.78, 5) is 23.0. The van der Waals surface area contributed by atoms with E-state index in [2.05, 4.69) is 6.92 Å². The summed E-state index contributed by atoms with van der Waals surface area (Å²) in [6, 6.07) is 0. The molecule has 1 saturated heterocycles. The van der Waals surface area contributed by atoms with Gasteiger partial charge in [0.25, 0.3) is 0 Å². The van der Waals surface area contributed by atoms with E-state index in [4.69, 9.17) is 4.74 Å². The molecule has 0 aromatic heterocycles. The third kappa shape index (κ3) is 0.877. The second-order valence-electron chi connectivity index (χ2n) is 5.01. The molecule has 76 valence electrons. The molecule has 14 heavy (non-hydrogen) atoms. The first kappa shape index (κ1) is 8.45. The van der Waals surface area contributed by atoms with Gasteiger partial charge in [0.1, 0.15) is 0 Å². The smallest absolute Gasteiger partial charge is 0.317 e. The van der Waals surface area contributed by atoms with Crippen LogP contribution in [0.25, 0.3) is 0 Å². The van der Waals surface area contributed by atoms with E-state index in [9.17, 15) is 9.59 Å². The fraction of sp³-hybridized carbons (Fsp3) is 0.818. The van der Waals surface area contributed by atoms with Gasteiger partial charge in [-0.15, -0.1) is 0 Å². The van der Waals surface area contributed by atoms with Crippen LogP contribution < -0.4 is 0 Å². The van der Waals surface area contributed by atoms with Gasteiger partial charge in [-0.2, -0.15) is 0 Å². The largest absolute Gasteiger partial charge is 0.393 e. The summed E-state index contributed by atoms with van der Waals surface area (Å²) in [5, 5.41) is 0. The molecule has 0 radical (unpaired) electrons. The third-order valence-electron chi connectivity index (χ3n) is 4.38. The summed E-state index contributed by atoms with van der Waals surface area (Å²) >= 11 is 0. The van der Waals surface area contributed by atoms with Gasteiger partial charge in [-0.25, -0.2) is 0 Å². The molecular formula is C11H14O3. The number of hydrogen-bond acceptors (Lipinski definition) is 3. The summed E-state index contributed by atoms with van der Waals surface area (Å²) in [5.74, 6) is 0.738. The van der Waals surface area contributed by atoms with Crippen molar-refractivity contribution in [3.8, 4) is 0 Å². The Morgan fingerprint density at radius 1 is 1.14 bits per heavy atom. The van der Waals surface area contributed by atoms with E-state index < -0.39 is 0 Å². The highest BCUT2D eigenvalue weighted by Gasteiger charge is 2.58. The minimum atomic E-state index is -0.249. The lowest BCUT2D eigenvalue weighted by molar-refractivity contribution is -0.154. The van der Waals surface area contributed by atoms with Crippen LogP contribution in [0.3, 0.4) is 0 Å². The number of carbonyl (C=O) groups excluding carboxylic acids is 2. The van der Waals surface area contributed by atoms with E-state index in [1.54, 1.807) is 0 Å². The SMILES string of the molecule is C[C@H]1C[C@H]2CC[C@@H]1[C@@H]1C(=O)OC(=O)[C@H]21. The number of hydrogen-bond donors (Lipinski definition) is 0. The molecule has 4 rings (SSSR count). The van der Waals surface area contributed by atoms with Crippen molar-refractivity contribution < 1.29 is 14.3 Å². The van der Waals surface area contributed by atoms with Crippen LogP contribution in [0.2, 0.25) is 0 Å². The van der Waals surface area contributed by atoms with Crippen molar-refractivity contribution in [2.24, 2.45) is 29.6 Å². The molecule has 1 heterocycles. The predicted octanol–water partition coefficient (Wildman–Crippen LogP) is 1.37. The van der Waals surface area contributed by atoms with Crippen LogP contribution in [0.15, 0.2) is 0 Å². The van der Waals surface area contributed by atoms with Crippen molar-refractivity contribution >= 4 is 11.9 Å². The van der Waals surface area contributed by atoms with Crippen molar-refractivity contribution in [1.82, 2.24) is 0 Å². The Balaban J connectivity index is 2.00. The second kappa shape index (κ2) is 2.59. The standard InChI is InChI=1S/C11H14O3/c1-5-4-6-2-3-7(5)9-8(6)10(12)14-11(9)13/h5-9H,2-4H2,1H3/t5-,6+,7-,8+,9-/m0/s1. The molecular weight excluding hydrogens is 180 g/mol. The number of esters is 2. The van der Waals surface area contributed by atoms with E-state index >= 15 is 0 Å². The Labute approximate surface area is 82.8 Å². The first-order valence-electron chi connectivity index (χ1n) is 5.44. The van der Waals surface area contributed by atoms with Crippen molar-refractivity contribution in [3.05, 3.63) is 0 Å². The number of carbonyl (C=O) groups is 2.